The molecule has 0 aliphatic carbocycles. The molecule has 2 aromatic heterocycles. The molecular formula is C24H17BrClN3OS. The van der Waals surface area contributed by atoms with Gasteiger partial charge in [0.1, 0.15) is 17.6 Å². The third kappa shape index (κ3) is 3.99. The molecule has 1 fully saturated rings. The van der Waals surface area contributed by atoms with Gasteiger partial charge in [0.05, 0.1) is 11.7 Å². The van der Waals surface area contributed by atoms with E-state index in [4.69, 9.17) is 28.2 Å². The van der Waals surface area contributed by atoms with Gasteiger partial charge in [-0.3, -0.25) is 4.98 Å². The minimum absolute atomic E-state index is 0.151. The maximum Gasteiger partial charge on any atom is 0.174 e. The van der Waals surface area contributed by atoms with Crippen LogP contribution in [0, 0.1) is 0 Å². The Balaban J connectivity index is 1.59. The SMILES string of the molecule is S=C1N[C@H](c2ccccn2)[C@@H](c2ccc(-c3ccc(Cl)cc3)o2)N1c1ccc(Br)cc1. The summed E-state index contributed by atoms with van der Waals surface area (Å²) < 4.78 is 7.36. The number of furan rings is 1. The number of hydrogen-bond acceptors (Lipinski definition) is 3. The molecule has 154 valence electrons. The molecule has 2 aromatic carbocycles. The van der Waals surface area contributed by atoms with Crippen LogP contribution in [-0.4, -0.2) is 10.1 Å². The summed E-state index contributed by atoms with van der Waals surface area (Å²) in [7, 11) is 0. The lowest BCUT2D eigenvalue weighted by molar-refractivity contribution is 0.439. The molecule has 7 heteroatoms. The second kappa shape index (κ2) is 8.46. The Labute approximate surface area is 199 Å². The topological polar surface area (TPSA) is 41.3 Å². The highest BCUT2D eigenvalue weighted by atomic mass is 79.9. The number of thiocarbonyl (C=S) groups is 1. The number of rotatable bonds is 4. The molecule has 0 spiro atoms. The van der Waals surface area contributed by atoms with Gasteiger partial charge in [0.15, 0.2) is 5.11 Å². The van der Waals surface area contributed by atoms with E-state index in [0.717, 1.165) is 32.9 Å². The van der Waals surface area contributed by atoms with Crippen LogP contribution in [0.15, 0.2) is 93.9 Å². The van der Waals surface area contributed by atoms with Crippen molar-refractivity contribution in [2.75, 3.05) is 4.90 Å². The second-order valence-corrected chi connectivity index (χ2v) is 8.92. The Morgan fingerprint density at radius 3 is 2.45 bits per heavy atom. The van der Waals surface area contributed by atoms with E-state index in [2.05, 4.69) is 31.1 Å². The van der Waals surface area contributed by atoms with E-state index in [1.807, 2.05) is 78.9 Å². The molecule has 0 unspecified atom stereocenters. The largest absolute Gasteiger partial charge is 0.459 e. The molecule has 1 N–H and O–H groups in total. The maximum atomic E-state index is 6.35. The van der Waals surface area contributed by atoms with Crippen LogP contribution in [0.5, 0.6) is 0 Å². The first kappa shape index (κ1) is 20.2. The van der Waals surface area contributed by atoms with E-state index in [-0.39, 0.29) is 12.1 Å². The summed E-state index contributed by atoms with van der Waals surface area (Å²) in [5.41, 5.74) is 2.85. The molecule has 0 bridgehead atoms. The zero-order valence-corrected chi connectivity index (χ0v) is 19.4. The molecule has 5 rings (SSSR count). The van der Waals surface area contributed by atoms with Crippen molar-refractivity contribution in [1.82, 2.24) is 10.3 Å². The van der Waals surface area contributed by atoms with Crippen LogP contribution in [0.25, 0.3) is 11.3 Å². The van der Waals surface area contributed by atoms with Gasteiger partial charge in [0.25, 0.3) is 0 Å². The molecule has 3 heterocycles. The summed E-state index contributed by atoms with van der Waals surface area (Å²) in [5, 5.41) is 4.77. The number of aromatic nitrogens is 1. The monoisotopic (exact) mass is 509 g/mol. The minimum atomic E-state index is -0.190. The molecule has 2 atom stereocenters. The molecule has 4 aromatic rings. The molecule has 31 heavy (non-hydrogen) atoms. The van der Waals surface area contributed by atoms with E-state index in [9.17, 15) is 0 Å². The number of pyridine rings is 1. The van der Waals surface area contributed by atoms with Crippen LogP contribution in [-0.2, 0) is 0 Å². The lowest BCUT2D eigenvalue weighted by Crippen LogP contribution is -2.29. The Morgan fingerprint density at radius 1 is 0.968 bits per heavy atom. The quantitative estimate of drug-likeness (QED) is 0.301. The third-order valence-electron chi connectivity index (χ3n) is 5.25. The highest BCUT2D eigenvalue weighted by Crippen LogP contribution is 2.43. The molecular weight excluding hydrogens is 494 g/mol. The van der Waals surface area contributed by atoms with Crippen LogP contribution in [0.4, 0.5) is 5.69 Å². The summed E-state index contributed by atoms with van der Waals surface area (Å²) in [6.07, 6.45) is 1.79. The Morgan fingerprint density at radius 2 is 1.74 bits per heavy atom. The zero-order valence-electron chi connectivity index (χ0n) is 16.2. The van der Waals surface area contributed by atoms with E-state index in [1.165, 1.54) is 0 Å². The number of benzene rings is 2. The lowest BCUT2D eigenvalue weighted by Gasteiger charge is -2.26. The Bertz CT molecular complexity index is 1210. The Kier molecular flexibility index (Phi) is 5.52. The number of halogens is 2. The molecule has 0 amide bonds. The predicted octanol–water partition coefficient (Wildman–Crippen LogP) is 6.93. The van der Waals surface area contributed by atoms with E-state index in [1.54, 1.807) is 6.20 Å². The van der Waals surface area contributed by atoms with Crippen molar-refractivity contribution in [3.05, 3.63) is 106 Å². The summed E-state index contributed by atoms with van der Waals surface area (Å²) in [5.74, 6) is 1.58. The van der Waals surface area contributed by atoms with Gasteiger partial charge < -0.3 is 14.6 Å². The molecule has 1 aliphatic rings. The summed E-state index contributed by atoms with van der Waals surface area (Å²) in [4.78, 5) is 6.66. The van der Waals surface area contributed by atoms with Crippen LogP contribution in [0.1, 0.15) is 23.5 Å². The fourth-order valence-corrected chi connectivity index (χ4v) is 4.54. The van der Waals surface area contributed by atoms with Crippen molar-refractivity contribution < 1.29 is 4.42 Å². The third-order valence-corrected chi connectivity index (χ3v) is 6.35. The zero-order chi connectivity index (χ0) is 21.4. The molecule has 1 saturated heterocycles. The normalized spacial score (nSPS) is 18.3. The average Bonchev–Trinajstić information content (AvgIpc) is 3.40. The summed E-state index contributed by atoms with van der Waals surface area (Å²) in [6, 6.07) is 25.2. The second-order valence-electron chi connectivity index (χ2n) is 7.18. The van der Waals surface area contributed by atoms with Crippen LogP contribution < -0.4 is 10.2 Å². The lowest BCUT2D eigenvalue weighted by atomic mass is 10.0. The van der Waals surface area contributed by atoms with Gasteiger partial charge in [0, 0.05) is 26.9 Å². The summed E-state index contributed by atoms with van der Waals surface area (Å²) >= 11 is 15.3. The minimum Gasteiger partial charge on any atom is -0.459 e. The maximum absolute atomic E-state index is 6.35. The van der Waals surface area contributed by atoms with Gasteiger partial charge in [-0.25, -0.2) is 0 Å². The average molecular weight is 511 g/mol. The van der Waals surface area contributed by atoms with Crippen molar-refractivity contribution in [2.24, 2.45) is 0 Å². The molecule has 1 aliphatic heterocycles. The van der Waals surface area contributed by atoms with E-state index >= 15 is 0 Å². The van der Waals surface area contributed by atoms with Crippen LogP contribution in [0.3, 0.4) is 0 Å². The standard InChI is InChI=1S/C24H17BrClN3OS/c25-16-6-10-18(11-7-16)29-23(22(28-24(29)31)19-3-1-2-14-27-19)21-13-12-20(30-21)15-4-8-17(26)9-5-15/h1-14,22-23H,(H,28,31)/t22-,23-/m1/s1. The first-order chi connectivity index (χ1) is 15.1. The number of nitrogens with zero attached hydrogens (tertiary/aromatic N) is 2. The van der Waals surface area contributed by atoms with Gasteiger partial charge in [0.2, 0.25) is 0 Å². The van der Waals surface area contributed by atoms with Gasteiger partial charge in [-0.15, -0.1) is 0 Å². The Hall–Kier alpha value is -2.67. The number of nitrogens with one attached hydrogen (secondary N) is 1. The fraction of sp³-hybridized carbons (Fsp3) is 0.0833. The van der Waals surface area contributed by atoms with E-state index in [0.29, 0.717) is 10.1 Å². The van der Waals surface area contributed by atoms with Crippen molar-refractivity contribution in [3.63, 3.8) is 0 Å². The highest BCUT2D eigenvalue weighted by Gasteiger charge is 2.42. The van der Waals surface area contributed by atoms with Crippen molar-refractivity contribution >= 4 is 50.5 Å². The number of hydrogen-bond donors (Lipinski definition) is 1. The first-order valence-corrected chi connectivity index (χ1v) is 11.3. The van der Waals surface area contributed by atoms with Crippen LogP contribution >= 0.6 is 39.7 Å². The highest BCUT2D eigenvalue weighted by molar-refractivity contribution is 9.10. The van der Waals surface area contributed by atoms with Gasteiger partial charge in [-0.05, 0) is 85.0 Å². The molecule has 4 nitrogen and oxygen atoms in total. The van der Waals surface area contributed by atoms with E-state index < -0.39 is 0 Å². The summed E-state index contributed by atoms with van der Waals surface area (Å²) in [6.45, 7) is 0. The van der Waals surface area contributed by atoms with Gasteiger partial charge >= 0.3 is 0 Å². The van der Waals surface area contributed by atoms with Crippen molar-refractivity contribution in [2.45, 2.75) is 12.1 Å². The first-order valence-electron chi connectivity index (χ1n) is 9.72. The van der Waals surface area contributed by atoms with Crippen molar-refractivity contribution in [3.8, 4) is 11.3 Å². The molecule has 0 saturated carbocycles. The van der Waals surface area contributed by atoms with Gasteiger partial charge in [-0.1, -0.05) is 33.6 Å². The fourth-order valence-electron chi connectivity index (χ4n) is 3.80. The number of anilines is 1. The van der Waals surface area contributed by atoms with Crippen molar-refractivity contribution in [1.29, 1.82) is 0 Å². The molecule has 0 radical (unpaired) electrons. The van der Waals surface area contributed by atoms with Crippen LogP contribution in [0.2, 0.25) is 5.02 Å². The predicted molar refractivity (Wildman–Crippen MR) is 131 cm³/mol. The van der Waals surface area contributed by atoms with Gasteiger partial charge in [-0.2, -0.15) is 0 Å². The smallest absolute Gasteiger partial charge is 0.174 e.